The summed E-state index contributed by atoms with van der Waals surface area (Å²) in [5.41, 5.74) is 6.59. The fourth-order valence-electron chi connectivity index (χ4n) is 3.81. The van der Waals surface area contributed by atoms with Crippen molar-refractivity contribution in [1.82, 2.24) is 4.90 Å². The van der Waals surface area contributed by atoms with Crippen LogP contribution in [0.1, 0.15) is 43.2 Å². The lowest BCUT2D eigenvalue weighted by Crippen LogP contribution is -2.34. The highest BCUT2D eigenvalue weighted by molar-refractivity contribution is 5.97. The molecule has 5 heteroatoms. The van der Waals surface area contributed by atoms with Crippen LogP contribution in [0.4, 0.5) is 4.39 Å². The summed E-state index contributed by atoms with van der Waals surface area (Å²) in [7, 11) is 0. The zero-order chi connectivity index (χ0) is 14.8. The molecule has 2 unspecified atom stereocenters. The second kappa shape index (κ2) is 6.02. The number of likely N-dealkylation sites (tertiary alicyclic amines) is 1. The molecule has 1 aliphatic carbocycles. The van der Waals surface area contributed by atoms with Crippen LogP contribution in [-0.2, 0) is 6.54 Å². The molecule has 2 fully saturated rings. The number of amidine groups is 1. The maximum Gasteiger partial charge on any atom is 0.170 e. The first-order chi connectivity index (χ1) is 10.2. The highest BCUT2D eigenvalue weighted by Gasteiger charge is 2.35. The van der Waals surface area contributed by atoms with Gasteiger partial charge < -0.3 is 10.9 Å². The van der Waals surface area contributed by atoms with Crippen molar-refractivity contribution in [3.8, 4) is 0 Å². The number of nitrogens with zero attached hydrogens (tertiary/aromatic N) is 2. The Kier molecular flexibility index (Phi) is 4.10. The molecule has 0 amide bonds. The predicted octanol–water partition coefficient (Wildman–Crippen LogP) is 2.68. The van der Waals surface area contributed by atoms with Crippen molar-refractivity contribution in [3.05, 3.63) is 35.1 Å². The number of fused-ring (bicyclic) bond motifs is 1. The highest BCUT2D eigenvalue weighted by Crippen LogP contribution is 2.37. The Labute approximate surface area is 124 Å². The Morgan fingerprint density at radius 2 is 2.14 bits per heavy atom. The van der Waals surface area contributed by atoms with E-state index in [1.165, 1.54) is 38.2 Å². The Balaban J connectivity index is 1.73. The van der Waals surface area contributed by atoms with E-state index in [0.717, 1.165) is 12.5 Å². The minimum atomic E-state index is -0.279. The number of halogens is 1. The molecule has 4 nitrogen and oxygen atoms in total. The smallest absolute Gasteiger partial charge is 0.170 e. The lowest BCUT2D eigenvalue weighted by Gasteiger charge is -2.31. The van der Waals surface area contributed by atoms with E-state index in [-0.39, 0.29) is 11.7 Å². The van der Waals surface area contributed by atoms with Gasteiger partial charge in [0, 0.05) is 23.7 Å². The molecule has 114 valence electrons. The zero-order valence-corrected chi connectivity index (χ0v) is 12.1. The minimum Gasteiger partial charge on any atom is -0.409 e. The van der Waals surface area contributed by atoms with E-state index >= 15 is 0 Å². The largest absolute Gasteiger partial charge is 0.409 e. The lowest BCUT2D eigenvalue weighted by atomic mass is 9.85. The Morgan fingerprint density at radius 3 is 2.90 bits per heavy atom. The molecule has 0 bridgehead atoms. The van der Waals surface area contributed by atoms with Gasteiger partial charge in [0.05, 0.1) is 0 Å². The molecule has 1 aromatic carbocycles. The van der Waals surface area contributed by atoms with Crippen LogP contribution in [0.25, 0.3) is 0 Å². The van der Waals surface area contributed by atoms with Gasteiger partial charge in [-0.15, -0.1) is 0 Å². The standard InChI is InChI=1S/C16H22FN3O/c17-14-9-12(16(18)19-21)5-6-13(14)10-20-8-7-11-3-1-2-4-15(11)20/h5-6,9,11,15,21H,1-4,7-8,10H2,(H2,18,19). The van der Waals surface area contributed by atoms with E-state index in [4.69, 9.17) is 10.9 Å². The molecule has 1 aliphatic heterocycles. The first-order valence-corrected chi connectivity index (χ1v) is 7.69. The molecular weight excluding hydrogens is 269 g/mol. The van der Waals surface area contributed by atoms with Gasteiger partial charge in [0.15, 0.2) is 5.84 Å². The van der Waals surface area contributed by atoms with Crippen molar-refractivity contribution in [2.75, 3.05) is 6.54 Å². The Bertz CT molecular complexity index is 546. The van der Waals surface area contributed by atoms with E-state index in [2.05, 4.69) is 10.1 Å². The van der Waals surface area contributed by atoms with Crippen LogP contribution in [0.3, 0.4) is 0 Å². The number of hydrogen-bond acceptors (Lipinski definition) is 3. The van der Waals surface area contributed by atoms with Crippen LogP contribution in [0.2, 0.25) is 0 Å². The van der Waals surface area contributed by atoms with Gasteiger partial charge in [0.25, 0.3) is 0 Å². The molecule has 3 N–H and O–H groups in total. The first kappa shape index (κ1) is 14.3. The van der Waals surface area contributed by atoms with E-state index in [9.17, 15) is 4.39 Å². The molecule has 1 saturated carbocycles. The average molecular weight is 291 g/mol. The third-order valence-corrected chi connectivity index (χ3v) is 4.96. The van der Waals surface area contributed by atoms with Crippen LogP contribution in [0.5, 0.6) is 0 Å². The van der Waals surface area contributed by atoms with E-state index in [1.807, 2.05) is 0 Å². The summed E-state index contributed by atoms with van der Waals surface area (Å²) < 4.78 is 14.2. The normalized spacial score (nSPS) is 26.8. The molecule has 2 aliphatic rings. The number of oxime groups is 1. The zero-order valence-electron chi connectivity index (χ0n) is 12.1. The summed E-state index contributed by atoms with van der Waals surface area (Å²) in [5, 5.41) is 11.5. The van der Waals surface area contributed by atoms with Crippen LogP contribution in [-0.4, -0.2) is 28.5 Å². The van der Waals surface area contributed by atoms with Crippen LogP contribution < -0.4 is 5.73 Å². The maximum absolute atomic E-state index is 14.2. The van der Waals surface area contributed by atoms with Gasteiger partial charge in [-0.1, -0.05) is 30.1 Å². The van der Waals surface area contributed by atoms with E-state index in [0.29, 0.717) is 23.7 Å². The Morgan fingerprint density at radius 1 is 1.33 bits per heavy atom. The summed E-state index contributed by atoms with van der Waals surface area (Å²) in [5.74, 6) is 0.463. The first-order valence-electron chi connectivity index (χ1n) is 7.69. The number of benzene rings is 1. The lowest BCUT2D eigenvalue weighted by molar-refractivity contribution is 0.174. The van der Waals surface area contributed by atoms with Crippen molar-refractivity contribution < 1.29 is 9.60 Å². The molecule has 1 heterocycles. The summed E-state index contributed by atoms with van der Waals surface area (Å²) >= 11 is 0. The number of rotatable bonds is 3. The molecule has 21 heavy (non-hydrogen) atoms. The van der Waals surface area contributed by atoms with Crippen molar-refractivity contribution in [1.29, 1.82) is 0 Å². The fraction of sp³-hybridized carbons (Fsp3) is 0.562. The van der Waals surface area contributed by atoms with Crippen molar-refractivity contribution >= 4 is 5.84 Å². The summed E-state index contributed by atoms with van der Waals surface area (Å²) in [4.78, 5) is 2.42. The number of hydrogen-bond donors (Lipinski definition) is 2. The van der Waals surface area contributed by atoms with Crippen LogP contribution in [0, 0.1) is 11.7 Å². The molecule has 0 radical (unpaired) electrons. The monoisotopic (exact) mass is 291 g/mol. The van der Waals surface area contributed by atoms with Gasteiger partial charge in [0.2, 0.25) is 0 Å². The SMILES string of the molecule is N/C(=N/O)c1ccc(CN2CCC3CCCCC32)c(F)c1. The summed E-state index contributed by atoms with van der Waals surface area (Å²) in [6.07, 6.45) is 6.45. The van der Waals surface area contributed by atoms with Gasteiger partial charge >= 0.3 is 0 Å². The third-order valence-electron chi connectivity index (χ3n) is 4.96. The molecule has 1 saturated heterocycles. The summed E-state index contributed by atoms with van der Waals surface area (Å²) in [6, 6.07) is 5.43. The van der Waals surface area contributed by atoms with Gasteiger partial charge in [-0.3, -0.25) is 4.90 Å². The van der Waals surface area contributed by atoms with Gasteiger partial charge in [-0.05, 0) is 37.8 Å². The average Bonchev–Trinajstić information content (AvgIpc) is 2.92. The second-order valence-electron chi connectivity index (χ2n) is 6.16. The summed E-state index contributed by atoms with van der Waals surface area (Å²) in [6.45, 7) is 1.72. The molecule has 0 aromatic heterocycles. The minimum absolute atomic E-state index is 0.0611. The highest BCUT2D eigenvalue weighted by atomic mass is 19.1. The third kappa shape index (κ3) is 2.88. The number of nitrogens with two attached hydrogens (primary N) is 1. The second-order valence-corrected chi connectivity index (χ2v) is 6.16. The van der Waals surface area contributed by atoms with Gasteiger partial charge in [-0.25, -0.2) is 4.39 Å². The van der Waals surface area contributed by atoms with Crippen LogP contribution in [0.15, 0.2) is 23.4 Å². The van der Waals surface area contributed by atoms with Gasteiger partial charge in [0.1, 0.15) is 5.82 Å². The Hall–Kier alpha value is -1.62. The fourth-order valence-corrected chi connectivity index (χ4v) is 3.81. The quantitative estimate of drug-likeness (QED) is 0.389. The van der Waals surface area contributed by atoms with E-state index < -0.39 is 0 Å². The van der Waals surface area contributed by atoms with E-state index in [1.54, 1.807) is 12.1 Å². The van der Waals surface area contributed by atoms with Crippen molar-refractivity contribution in [2.45, 2.75) is 44.7 Å². The predicted molar refractivity (Wildman–Crippen MR) is 79.7 cm³/mol. The topological polar surface area (TPSA) is 61.9 Å². The molecular formula is C16H22FN3O. The van der Waals surface area contributed by atoms with Crippen molar-refractivity contribution in [3.63, 3.8) is 0 Å². The molecule has 1 aromatic rings. The molecule has 2 atom stereocenters. The molecule has 3 rings (SSSR count). The van der Waals surface area contributed by atoms with Crippen LogP contribution >= 0.6 is 0 Å². The maximum atomic E-state index is 14.2. The molecule has 0 spiro atoms. The van der Waals surface area contributed by atoms with Gasteiger partial charge in [-0.2, -0.15) is 0 Å². The van der Waals surface area contributed by atoms with Crippen molar-refractivity contribution in [2.24, 2.45) is 16.8 Å².